The van der Waals surface area contributed by atoms with Gasteiger partial charge < -0.3 is 15.0 Å². The van der Waals surface area contributed by atoms with Crippen LogP contribution in [-0.4, -0.2) is 36.5 Å². The summed E-state index contributed by atoms with van der Waals surface area (Å²) in [6.45, 7) is 4.87. The van der Waals surface area contributed by atoms with E-state index in [0.29, 0.717) is 22.9 Å². The first kappa shape index (κ1) is 16.8. The Labute approximate surface area is 147 Å². The van der Waals surface area contributed by atoms with E-state index in [2.05, 4.69) is 12.2 Å². The summed E-state index contributed by atoms with van der Waals surface area (Å²) in [7, 11) is 0. The van der Waals surface area contributed by atoms with Crippen molar-refractivity contribution in [1.29, 1.82) is 0 Å². The van der Waals surface area contributed by atoms with Crippen molar-refractivity contribution < 1.29 is 9.53 Å². The van der Waals surface area contributed by atoms with Crippen LogP contribution in [0.15, 0.2) is 48.5 Å². The molecule has 5 heteroatoms. The molecule has 126 valence electrons. The molecule has 0 aromatic heterocycles. The second-order valence-corrected chi connectivity index (χ2v) is 6.43. The van der Waals surface area contributed by atoms with Crippen LogP contribution in [0.4, 0.5) is 0 Å². The SMILES string of the molecule is C[C@@H]1CNCCN1C(=O)c1cccc(OCc2cccc(Cl)c2)c1. The first-order valence-electron chi connectivity index (χ1n) is 8.12. The van der Waals surface area contributed by atoms with Gasteiger partial charge in [-0.25, -0.2) is 0 Å². The van der Waals surface area contributed by atoms with Crippen LogP contribution in [0.3, 0.4) is 0 Å². The predicted molar refractivity (Wildman–Crippen MR) is 95.6 cm³/mol. The number of hydrogen-bond acceptors (Lipinski definition) is 3. The molecule has 24 heavy (non-hydrogen) atoms. The molecule has 2 aromatic carbocycles. The van der Waals surface area contributed by atoms with E-state index in [9.17, 15) is 4.79 Å². The van der Waals surface area contributed by atoms with Gasteiger partial charge in [-0.3, -0.25) is 4.79 Å². The zero-order chi connectivity index (χ0) is 16.9. The first-order chi connectivity index (χ1) is 11.6. The molecule has 1 N–H and O–H groups in total. The highest BCUT2D eigenvalue weighted by Gasteiger charge is 2.24. The molecule has 4 nitrogen and oxygen atoms in total. The lowest BCUT2D eigenvalue weighted by Gasteiger charge is -2.34. The second kappa shape index (κ2) is 7.69. The third-order valence-electron chi connectivity index (χ3n) is 4.14. The molecule has 0 radical (unpaired) electrons. The number of halogens is 1. The van der Waals surface area contributed by atoms with Crippen molar-refractivity contribution in [2.45, 2.75) is 19.6 Å². The normalized spacial score (nSPS) is 17.6. The zero-order valence-corrected chi connectivity index (χ0v) is 14.4. The molecule has 2 aromatic rings. The van der Waals surface area contributed by atoms with Crippen LogP contribution in [0.1, 0.15) is 22.8 Å². The fraction of sp³-hybridized carbons (Fsp3) is 0.316. The van der Waals surface area contributed by atoms with E-state index in [4.69, 9.17) is 16.3 Å². The molecule has 1 atom stereocenters. The van der Waals surface area contributed by atoms with Crippen LogP contribution in [0.25, 0.3) is 0 Å². The van der Waals surface area contributed by atoms with Crippen LogP contribution in [0.2, 0.25) is 5.02 Å². The predicted octanol–water partition coefficient (Wildman–Crippen LogP) is 3.35. The fourth-order valence-corrected chi connectivity index (χ4v) is 3.03. The van der Waals surface area contributed by atoms with E-state index in [1.807, 2.05) is 53.4 Å². The van der Waals surface area contributed by atoms with Crippen molar-refractivity contribution in [2.24, 2.45) is 0 Å². The molecule has 1 aliphatic heterocycles. The van der Waals surface area contributed by atoms with Gasteiger partial charge in [0.25, 0.3) is 5.91 Å². The average molecular weight is 345 g/mol. The second-order valence-electron chi connectivity index (χ2n) is 6.00. The van der Waals surface area contributed by atoms with Crippen molar-refractivity contribution in [3.05, 3.63) is 64.7 Å². The van der Waals surface area contributed by atoms with Gasteiger partial charge in [0.1, 0.15) is 12.4 Å². The van der Waals surface area contributed by atoms with Crippen molar-refractivity contribution >= 4 is 17.5 Å². The Morgan fingerprint density at radius 3 is 2.92 bits per heavy atom. The summed E-state index contributed by atoms with van der Waals surface area (Å²) >= 11 is 5.98. The third-order valence-corrected chi connectivity index (χ3v) is 4.37. The smallest absolute Gasteiger partial charge is 0.254 e. The Morgan fingerprint density at radius 2 is 2.12 bits per heavy atom. The number of hydrogen-bond donors (Lipinski definition) is 1. The molecule has 1 saturated heterocycles. The number of amides is 1. The van der Waals surface area contributed by atoms with E-state index < -0.39 is 0 Å². The van der Waals surface area contributed by atoms with Gasteiger partial charge in [-0.1, -0.05) is 29.8 Å². The monoisotopic (exact) mass is 344 g/mol. The highest BCUT2D eigenvalue weighted by atomic mass is 35.5. The number of carbonyl (C=O) groups is 1. The molecule has 1 heterocycles. The molecule has 1 aliphatic rings. The molecule has 0 bridgehead atoms. The Hall–Kier alpha value is -2.04. The Balaban J connectivity index is 1.68. The molecule has 0 aliphatic carbocycles. The summed E-state index contributed by atoms with van der Waals surface area (Å²) in [5, 5.41) is 3.98. The summed E-state index contributed by atoms with van der Waals surface area (Å²) in [5.41, 5.74) is 1.65. The van der Waals surface area contributed by atoms with Crippen LogP contribution in [0, 0.1) is 0 Å². The molecule has 1 amide bonds. The summed E-state index contributed by atoms with van der Waals surface area (Å²) in [6.07, 6.45) is 0. The van der Waals surface area contributed by atoms with Crippen molar-refractivity contribution in [2.75, 3.05) is 19.6 Å². The van der Waals surface area contributed by atoms with Gasteiger partial charge in [-0.05, 0) is 42.8 Å². The first-order valence-corrected chi connectivity index (χ1v) is 8.50. The van der Waals surface area contributed by atoms with Crippen LogP contribution >= 0.6 is 11.6 Å². The average Bonchev–Trinajstić information content (AvgIpc) is 2.60. The van der Waals surface area contributed by atoms with Crippen molar-refractivity contribution in [1.82, 2.24) is 10.2 Å². The maximum absolute atomic E-state index is 12.7. The quantitative estimate of drug-likeness (QED) is 0.924. The number of carbonyl (C=O) groups excluding carboxylic acids is 1. The van der Waals surface area contributed by atoms with Crippen LogP contribution in [0.5, 0.6) is 5.75 Å². The van der Waals surface area contributed by atoms with Gasteiger partial charge in [0.15, 0.2) is 0 Å². The van der Waals surface area contributed by atoms with E-state index in [1.54, 1.807) is 0 Å². The molecule has 1 fully saturated rings. The highest BCUT2D eigenvalue weighted by molar-refractivity contribution is 6.30. The van der Waals surface area contributed by atoms with Crippen molar-refractivity contribution in [3.8, 4) is 5.75 Å². The number of piperazine rings is 1. The Morgan fingerprint density at radius 1 is 1.29 bits per heavy atom. The fourth-order valence-electron chi connectivity index (χ4n) is 2.82. The number of benzene rings is 2. The molecule has 3 rings (SSSR count). The summed E-state index contributed by atoms with van der Waals surface area (Å²) in [6, 6.07) is 15.1. The van der Waals surface area contributed by atoms with E-state index in [1.165, 1.54) is 0 Å². The van der Waals surface area contributed by atoms with Gasteiger partial charge in [0.05, 0.1) is 0 Å². The molecule has 0 spiro atoms. The minimum Gasteiger partial charge on any atom is -0.489 e. The Kier molecular flexibility index (Phi) is 5.38. The lowest BCUT2D eigenvalue weighted by atomic mass is 10.1. The Bertz CT molecular complexity index is 720. The van der Waals surface area contributed by atoms with Crippen LogP contribution in [-0.2, 0) is 6.61 Å². The number of nitrogens with zero attached hydrogens (tertiary/aromatic N) is 1. The maximum atomic E-state index is 12.7. The largest absolute Gasteiger partial charge is 0.489 e. The van der Waals surface area contributed by atoms with Gasteiger partial charge in [0, 0.05) is 36.3 Å². The van der Waals surface area contributed by atoms with Crippen LogP contribution < -0.4 is 10.1 Å². The maximum Gasteiger partial charge on any atom is 0.254 e. The lowest BCUT2D eigenvalue weighted by Crippen LogP contribution is -2.52. The molecular weight excluding hydrogens is 324 g/mol. The van der Waals surface area contributed by atoms with Gasteiger partial charge in [0.2, 0.25) is 0 Å². The molecular formula is C19H21ClN2O2. The third kappa shape index (κ3) is 4.08. The number of rotatable bonds is 4. The summed E-state index contributed by atoms with van der Waals surface area (Å²) < 4.78 is 5.81. The van der Waals surface area contributed by atoms with Crippen molar-refractivity contribution in [3.63, 3.8) is 0 Å². The van der Waals surface area contributed by atoms with E-state index in [0.717, 1.165) is 25.2 Å². The lowest BCUT2D eigenvalue weighted by molar-refractivity contribution is 0.0655. The van der Waals surface area contributed by atoms with Gasteiger partial charge in [-0.15, -0.1) is 0 Å². The minimum absolute atomic E-state index is 0.0530. The van der Waals surface area contributed by atoms with Gasteiger partial charge in [-0.2, -0.15) is 0 Å². The highest BCUT2D eigenvalue weighted by Crippen LogP contribution is 2.19. The molecule has 0 saturated carbocycles. The van der Waals surface area contributed by atoms with E-state index in [-0.39, 0.29) is 11.9 Å². The van der Waals surface area contributed by atoms with Gasteiger partial charge >= 0.3 is 0 Å². The number of ether oxygens (including phenoxy) is 1. The summed E-state index contributed by atoms with van der Waals surface area (Å²) in [4.78, 5) is 14.6. The molecule has 0 unspecified atom stereocenters. The van der Waals surface area contributed by atoms with E-state index >= 15 is 0 Å². The topological polar surface area (TPSA) is 41.6 Å². The number of nitrogens with one attached hydrogen (secondary N) is 1. The minimum atomic E-state index is 0.0530. The standard InChI is InChI=1S/C19H21ClN2O2/c1-14-12-21-8-9-22(14)19(23)16-5-3-7-18(11-16)24-13-15-4-2-6-17(20)10-15/h2-7,10-11,14,21H,8-9,12-13H2,1H3/t14-/m1/s1. The zero-order valence-electron chi connectivity index (χ0n) is 13.7. The summed E-state index contributed by atoms with van der Waals surface area (Å²) in [5.74, 6) is 0.737.